The number of para-hydroxylation sites is 1. The second-order valence-corrected chi connectivity index (χ2v) is 10.8. The molecule has 0 bridgehead atoms. The van der Waals surface area contributed by atoms with E-state index in [2.05, 4.69) is 25.9 Å². The van der Waals surface area contributed by atoms with Crippen LogP contribution < -0.4 is 16.0 Å². The van der Waals surface area contributed by atoms with Gasteiger partial charge in [0.25, 0.3) is 17.7 Å². The van der Waals surface area contributed by atoms with Crippen LogP contribution in [0.25, 0.3) is 0 Å². The molecule has 1 aromatic heterocycles. The van der Waals surface area contributed by atoms with E-state index in [9.17, 15) is 14.4 Å². The van der Waals surface area contributed by atoms with Crippen LogP contribution in [-0.2, 0) is 10.3 Å². The molecule has 9 heteroatoms. The fourth-order valence-corrected chi connectivity index (χ4v) is 5.32. The highest BCUT2D eigenvalue weighted by molar-refractivity contribution is 7.14. The Labute approximate surface area is 226 Å². The summed E-state index contributed by atoms with van der Waals surface area (Å²) in [6.07, 6.45) is 4.79. The van der Waals surface area contributed by atoms with Gasteiger partial charge in [0.1, 0.15) is 9.88 Å². The number of anilines is 2. The molecule has 0 fully saturated rings. The lowest BCUT2D eigenvalue weighted by molar-refractivity contribution is -0.119. The maximum Gasteiger partial charge on any atom is 0.267 e. The lowest BCUT2D eigenvalue weighted by Crippen LogP contribution is -2.37. The number of benzene rings is 2. The fraction of sp³-hybridized carbons (Fsp3) is 0.276. The third-order valence-electron chi connectivity index (χ3n) is 6.07. The van der Waals surface area contributed by atoms with Gasteiger partial charge in [-0.15, -0.1) is 11.3 Å². The van der Waals surface area contributed by atoms with Crippen molar-refractivity contribution in [3.05, 3.63) is 86.4 Å². The summed E-state index contributed by atoms with van der Waals surface area (Å²) < 4.78 is 0. The molecule has 4 rings (SSSR count). The number of aromatic nitrogens is 1. The summed E-state index contributed by atoms with van der Waals surface area (Å²) in [4.78, 5) is 48.9. The molecule has 8 nitrogen and oxygen atoms in total. The minimum atomic E-state index is -1.45. The number of nitrogens with one attached hydrogen (secondary N) is 3. The zero-order valence-corrected chi connectivity index (χ0v) is 23.1. The topological polar surface area (TPSA) is 113 Å². The number of aliphatic imine (C=N–C) groups is 1. The van der Waals surface area contributed by atoms with E-state index in [1.165, 1.54) is 6.20 Å². The van der Waals surface area contributed by atoms with Crippen molar-refractivity contribution in [2.24, 2.45) is 4.99 Å². The molecule has 0 saturated carbocycles. The van der Waals surface area contributed by atoms with Gasteiger partial charge in [0.2, 0.25) is 5.54 Å². The van der Waals surface area contributed by atoms with Gasteiger partial charge < -0.3 is 16.0 Å². The molecule has 3 aromatic rings. The number of amides is 3. The number of aryl methyl sites for hydroxylation is 3. The predicted octanol–water partition coefficient (Wildman–Crippen LogP) is 5.32. The van der Waals surface area contributed by atoms with E-state index in [0.29, 0.717) is 21.1 Å². The van der Waals surface area contributed by atoms with Crippen LogP contribution in [0, 0.1) is 20.8 Å². The van der Waals surface area contributed by atoms with E-state index in [4.69, 9.17) is 0 Å². The number of hydrogen-bond donors (Lipinski definition) is 3. The maximum atomic E-state index is 13.7. The highest BCUT2D eigenvalue weighted by Gasteiger charge is 2.43. The van der Waals surface area contributed by atoms with Gasteiger partial charge in [-0.05, 0) is 76.5 Å². The smallest absolute Gasteiger partial charge is 0.267 e. The van der Waals surface area contributed by atoms with E-state index >= 15 is 0 Å². The molecule has 2 heterocycles. The minimum Gasteiger partial charge on any atom is -0.350 e. The van der Waals surface area contributed by atoms with Crippen LogP contribution in [0.4, 0.5) is 11.4 Å². The van der Waals surface area contributed by atoms with Crippen LogP contribution in [-0.4, -0.2) is 35.0 Å². The molecular formula is C29H31N5O3S. The van der Waals surface area contributed by atoms with E-state index in [0.717, 1.165) is 39.3 Å². The van der Waals surface area contributed by atoms with E-state index in [-0.39, 0.29) is 17.9 Å². The van der Waals surface area contributed by atoms with Crippen molar-refractivity contribution in [2.45, 2.75) is 53.1 Å². The van der Waals surface area contributed by atoms with Crippen LogP contribution in [0.1, 0.15) is 62.5 Å². The number of allylic oxidation sites excluding steroid dienone is 1. The van der Waals surface area contributed by atoms with Crippen molar-refractivity contribution in [3.8, 4) is 0 Å². The van der Waals surface area contributed by atoms with Gasteiger partial charge in [0, 0.05) is 17.9 Å². The van der Waals surface area contributed by atoms with Crippen LogP contribution in [0.3, 0.4) is 0 Å². The second kappa shape index (κ2) is 10.7. The van der Waals surface area contributed by atoms with Crippen LogP contribution in [0.5, 0.6) is 0 Å². The monoisotopic (exact) mass is 529 g/mol. The highest BCUT2D eigenvalue weighted by Crippen LogP contribution is 2.37. The number of hydrogen-bond acceptors (Lipinski definition) is 6. The molecule has 0 radical (unpaired) electrons. The zero-order valence-electron chi connectivity index (χ0n) is 22.3. The Kier molecular flexibility index (Phi) is 7.59. The highest BCUT2D eigenvalue weighted by atomic mass is 32.1. The lowest BCUT2D eigenvalue weighted by atomic mass is 9.99. The van der Waals surface area contributed by atoms with Crippen molar-refractivity contribution < 1.29 is 14.4 Å². The van der Waals surface area contributed by atoms with Crippen molar-refractivity contribution in [2.75, 3.05) is 10.6 Å². The van der Waals surface area contributed by atoms with Crippen LogP contribution in [0.15, 0.2) is 59.2 Å². The Bertz CT molecular complexity index is 1460. The largest absolute Gasteiger partial charge is 0.350 e. The first-order valence-corrected chi connectivity index (χ1v) is 13.1. The molecule has 1 atom stereocenters. The Balaban J connectivity index is 1.63. The summed E-state index contributed by atoms with van der Waals surface area (Å²) in [6.45, 7) is 11.5. The number of rotatable bonds is 7. The standard InChI is InChI=1S/C29H31N5O3S/c1-16(2)32-25(35)21-9-7-8-10-22(21)33-27(37)29(13-18(4)14-31-29)28-30-15-23(38-28)26(36)34-24-19(5)11-17(3)12-20(24)6/h7-16H,1-6H3,(H,32,35)(H,33,37)(H,34,36). The molecule has 196 valence electrons. The summed E-state index contributed by atoms with van der Waals surface area (Å²) in [7, 11) is 0. The third-order valence-corrected chi connectivity index (χ3v) is 7.19. The van der Waals surface area contributed by atoms with Gasteiger partial charge in [-0.1, -0.05) is 29.8 Å². The average molecular weight is 530 g/mol. The lowest BCUT2D eigenvalue weighted by Gasteiger charge is -2.22. The number of nitrogens with zero attached hydrogens (tertiary/aromatic N) is 2. The molecule has 1 unspecified atom stereocenters. The van der Waals surface area contributed by atoms with Gasteiger partial charge >= 0.3 is 0 Å². The fourth-order valence-electron chi connectivity index (χ4n) is 4.40. The maximum absolute atomic E-state index is 13.7. The van der Waals surface area contributed by atoms with Gasteiger partial charge in [-0.3, -0.25) is 19.4 Å². The molecule has 2 aromatic carbocycles. The second-order valence-electron chi connectivity index (χ2n) is 9.80. The summed E-state index contributed by atoms with van der Waals surface area (Å²) >= 11 is 1.11. The van der Waals surface area contributed by atoms with Gasteiger partial charge in [0.15, 0.2) is 0 Å². The number of thiazole rings is 1. The molecule has 0 aliphatic carbocycles. The zero-order chi connectivity index (χ0) is 27.6. The summed E-state index contributed by atoms with van der Waals surface area (Å²) in [5, 5.41) is 9.06. The molecule has 3 N–H and O–H groups in total. The van der Waals surface area contributed by atoms with Crippen molar-refractivity contribution in [1.29, 1.82) is 0 Å². The first-order valence-electron chi connectivity index (χ1n) is 12.3. The van der Waals surface area contributed by atoms with E-state index < -0.39 is 11.4 Å². The van der Waals surface area contributed by atoms with Gasteiger partial charge in [-0.2, -0.15) is 0 Å². The molecule has 0 saturated heterocycles. The van der Waals surface area contributed by atoms with E-state index in [1.807, 2.05) is 53.7 Å². The average Bonchev–Trinajstić information content (AvgIpc) is 3.49. The Morgan fingerprint density at radius 2 is 1.63 bits per heavy atom. The first-order chi connectivity index (χ1) is 18.0. The summed E-state index contributed by atoms with van der Waals surface area (Å²) in [5.74, 6) is -1.07. The van der Waals surface area contributed by atoms with Crippen molar-refractivity contribution >= 4 is 46.6 Å². The minimum absolute atomic E-state index is 0.0602. The Morgan fingerprint density at radius 1 is 0.947 bits per heavy atom. The quantitative estimate of drug-likeness (QED) is 0.384. The van der Waals surface area contributed by atoms with Gasteiger partial charge in [0.05, 0.1) is 17.4 Å². The first kappa shape index (κ1) is 26.9. The predicted molar refractivity (Wildman–Crippen MR) is 152 cm³/mol. The summed E-state index contributed by atoms with van der Waals surface area (Å²) in [6, 6.07) is 10.8. The molecule has 0 spiro atoms. The Hall–Kier alpha value is -4.11. The van der Waals surface area contributed by atoms with Crippen LogP contribution >= 0.6 is 11.3 Å². The molecule has 1 aliphatic rings. The van der Waals surface area contributed by atoms with Crippen molar-refractivity contribution in [3.63, 3.8) is 0 Å². The number of carbonyl (C=O) groups is 3. The van der Waals surface area contributed by atoms with E-state index in [1.54, 1.807) is 36.6 Å². The number of carbonyl (C=O) groups excluding carboxylic acids is 3. The Morgan fingerprint density at radius 3 is 2.26 bits per heavy atom. The summed E-state index contributed by atoms with van der Waals surface area (Å²) in [5.41, 5.74) is 3.86. The van der Waals surface area contributed by atoms with Crippen molar-refractivity contribution in [1.82, 2.24) is 10.3 Å². The molecule has 38 heavy (non-hydrogen) atoms. The molecule has 1 aliphatic heterocycles. The van der Waals surface area contributed by atoms with Crippen LogP contribution in [0.2, 0.25) is 0 Å². The normalized spacial score (nSPS) is 16.3. The third kappa shape index (κ3) is 5.43. The van der Waals surface area contributed by atoms with Gasteiger partial charge in [-0.25, -0.2) is 4.98 Å². The molecular weight excluding hydrogens is 498 g/mol. The SMILES string of the molecule is CC1=CC(C(=O)Nc2ccccc2C(=O)NC(C)C)(c2ncc(C(=O)Nc3c(C)cc(C)cc3C)s2)N=C1. The molecule has 3 amide bonds.